The Labute approximate surface area is 138 Å². The molecule has 1 aromatic carbocycles. The van der Waals surface area contributed by atoms with Gasteiger partial charge in [0.2, 0.25) is 5.91 Å². The van der Waals surface area contributed by atoms with Crippen LogP contribution in [-0.4, -0.2) is 34.2 Å². The van der Waals surface area contributed by atoms with Gasteiger partial charge in [0.15, 0.2) is 0 Å². The summed E-state index contributed by atoms with van der Waals surface area (Å²) in [4.78, 5) is 14.2. The first kappa shape index (κ1) is 17.2. The van der Waals surface area contributed by atoms with Crippen LogP contribution in [0.3, 0.4) is 0 Å². The molecular formula is C18H26N4O. The molecular weight excluding hydrogens is 288 g/mol. The van der Waals surface area contributed by atoms with Gasteiger partial charge in [-0.05, 0) is 33.4 Å². The van der Waals surface area contributed by atoms with E-state index in [1.165, 1.54) is 5.56 Å². The van der Waals surface area contributed by atoms with Crippen LogP contribution in [0.25, 0.3) is 0 Å². The zero-order chi connectivity index (χ0) is 16.8. The highest BCUT2D eigenvalue weighted by Gasteiger charge is 2.13. The molecule has 0 bridgehead atoms. The Morgan fingerprint density at radius 1 is 1.35 bits per heavy atom. The Kier molecular flexibility index (Phi) is 5.93. The highest BCUT2D eigenvalue weighted by atomic mass is 16.2. The van der Waals surface area contributed by atoms with E-state index in [-0.39, 0.29) is 11.9 Å². The lowest BCUT2D eigenvalue weighted by molar-refractivity contribution is -0.122. The molecule has 0 saturated carbocycles. The number of hydrogen-bond donors (Lipinski definition) is 1. The van der Waals surface area contributed by atoms with Gasteiger partial charge in [0, 0.05) is 24.3 Å². The van der Waals surface area contributed by atoms with E-state index in [1.807, 2.05) is 60.1 Å². The number of aryl methyl sites for hydroxylation is 1. The monoisotopic (exact) mass is 314 g/mol. The fourth-order valence-electron chi connectivity index (χ4n) is 2.66. The van der Waals surface area contributed by atoms with Crippen molar-refractivity contribution in [1.82, 2.24) is 20.0 Å². The second kappa shape index (κ2) is 7.92. The predicted molar refractivity (Wildman–Crippen MR) is 92.0 cm³/mol. The summed E-state index contributed by atoms with van der Waals surface area (Å²) in [6, 6.07) is 10.0. The van der Waals surface area contributed by atoms with Gasteiger partial charge in [-0.25, -0.2) is 0 Å². The van der Waals surface area contributed by atoms with E-state index in [9.17, 15) is 4.79 Å². The molecule has 1 aromatic heterocycles. The Hall–Kier alpha value is -2.14. The highest BCUT2D eigenvalue weighted by molar-refractivity contribution is 5.78. The summed E-state index contributed by atoms with van der Waals surface area (Å²) < 4.78 is 1.97. The van der Waals surface area contributed by atoms with Crippen LogP contribution < -0.4 is 5.32 Å². The standard InChI is InChI=1S/C18H26N4O/c1-5-22-15(3)17(11-19-22)12-21(4)13-18(23)20-14(2)16-9-7-6-8-10-16/h6-11,14H,5,12-13H2,1-4H3,(H,20,23). The van der Waals surface area contributed by atoms with Gasteiger partial charge in [-0.1, -0.05) is 30.3 Å². The molecule has 0 fully saturated rings. The number of rotatable bonds is 7. The topological polar surface area (TPSA) is 50.2 Å². The third-order valence-electron chi connectivity index (χ3n) is 4.04. The maximum Gasteiger partial charge on any atom is 0.234 e. The molecule has 23 heavy (non-hydrogen) atoms. The van der Waals surface area contributed by atoms with Gasteiger partial charge in [0.05, 0.1) is 18.8 Å². The normalized spacial score (nSPS) is 12.4. The number of carbonyl (C=O) groups is 1. The molecule has 0 radical (unpaired) electrons. The Morgan fingerprint density at radius 2 is 2.04 bits per heavy atom. The minimum Gasteiger partial charge on any atom is -0.348 e. The summed E-state index contributed by atoms with van der Waals surface area (Å²) in [5.74, 6) is 0.0318. The molecule has 1 unspecified atom stereocenters. The summed E-state index contributed by atoms with van der Waals surface area (Å²) in [5, 5.41) is 7.39. The number of nitrogens with one attached hydrogen (secondary N) is 1. The van der Waals surface area contributed by atoms with Crippen molar-refractivity contribution in [2.75, 3.05) is 13.6 Å². The lowest BCUT2D eigenvalue weighted by Crippen LogP contribution is -2.36. The third-order valence-corrected chi connectivity index (χ3v) is 4.04. The molecule has 1 atom stereocenters. The number of nitrogens with zero attached hydrogens (tertiary/aromatic N) is 3. The minimum absolute atomic E-state index is 0.0154. The lowest BCUT2D eigenvalue weighted by atomic mass is 10.1. The summed E-state index contributed by atoms with van der Waals surface area (Å²) in [7, 11) is 1.95. The molecule has 0 spiro atoms. The molecule has 1 heterocycles. The predicted octanol–water partition coefficient (Wildman–Crippen LogP) is 2.52. The van der Waals surface area contributed by atoms with Crippen molar-refractivity contribution < 1.29 is 4.79 Å². The highest BCUT2D eigenvalue weighted by Crippen LogP contribution is 2.12. The first-order valence-corrected chi connectivity index (χ1v) is 8.05. The van der Waals surface area contributed by atoms with Crippen LogP contribution in [0.1, 0.15) is 36.7 Å². The molecule has 5 heteroatoms. The fraction of sp³-hybridized carbons (Fsp3) is 0.444. The molecule has 0 aliphatic carbocycles. The van der Waals surface area contributed by atoms with Crippen LogP contribution in [0.15, 0.2) is 36.5 Å². The minimum atomic E-state index is 0.0154. The molecule has 124 valence electrons. The zero-order valence-corrected chi connectivity index (χ0v) is 14.4. The smallest absolute Gasteiger partial charge is 0.234 e. The number of aromatic nitrogens is 2. The molecule has 1 N–H and O–H groups in total. The molecule has 1 amide bonds. The van der Waals surface area contributed by atoms with Crippen molar-refractivity contribution >= 4 is 5.91 Å². The van der Waals surface area contributed by atoms with Crippen molar-refractivity contribution in [3.05, 3.63) is 53.3 Å². The lowest BCUT2D eigenvalue weighted by Gasteiger charge is -2.19. The van der Waals surface area contributed by atoms with Crippen molar-refractivity contribution in [1.29, 1.82) is 0 Å². The van der Waals surface area contributed by atoms with Crippen molar-refractivity contribution in [2.45, 2.75) is 39.9 Å². The number of hydrogen-bond acceptors (Lipinski definition) is 3. The van der Waals surface area contributed by atoms with Crippen LogP contribution in [0.4, 0.5) is 0 Å². The number of carbonyl (C=O) groups excluding carboxylic acids is 1. The molecule has 5 nitrogen and oxygen atoms in total. The number of benzene rings is 1. The van der Waals surface area contributed by atoms with E-state index in [4.69, 9.17) is 0 Å². The molecule has 2 rings (SSSR count). The molecule has 0 aliphatic rings. The van der Waals surface area contributed by atoms with Crippen LogP contribution in [0.2, 0.25) is 0 Å². The average molecular weight is 314 g/mol. The fourth-order valence-corrected chi connectivity index (χ4v) is 2.66. The Bertz CT molecular complexity index is 636. The Morgan fingerprint density at radius 3 is 2.65 bits per heavy atom. The van der Waals surface area contributed by atoms with E-state index in [1.54, 1.807) is 0 Å². The second-order valence-electron chi connectivity index (χ2n) is 5.94. The third kappa shape index (κ3) is 4.66. The Balaban J connectivity index is 1.86. The van der Waals surface area contributed by atoms with Crippen LogP contribution in [-0.2, 0) is 17.9 Å². The van der Waals surface area contributed by atoms with E-state index >= 15 is 0 Å². The van der Waals surface area contributed by atoms with E-state index < -0.39 is 0 Å². The maximum atomic E-state index is 12.2. The average Bonchev–Trinajstić information content (AvgIpc) is 2.88. The van der Waals surface area contributed by atoms with Gasteiger partial charge in [-0.3, -0.25) is 14.4 Å². The number of likely N-dealkylation sites (N-methyl/N-ethyl adjacent to an activating group) is 1. The summed E-state index contributed by atoms with van der Waals surface area (Å²) in [6.45, 7) is 8.10. The SMILES string of the molecule is CCn1ncc(CN(C)CC(=O)NC(C)c2ccccc2)c1C. The van der Waals surface area contributed by atoms with E-state index in [0.717, 1.165) is 24.3 Å². The quantitative estimate of drug-likeness (QED) is 0.854. The van der Waals surface area contributed by atoms with Gasteiger partial charge in [-0.15, -0.1) is 0 Å². The van der Waals surface area contributed by atoms with Crippen LogP contribution >= 0.6 is 0 Å². The first-order valence-electron chi connectivity index (χ1n) is 8.05. The first-order chi connectivity index (χ1) is 11.0. The van der Waals surface area contributed by atoms with E-state index in [2.05, 4.69) is 24.3 Å². The summed E-state index contributed by atoms with van der Waals surface area (Å²) >= 11 is 0. The van der Waals surface area contributed by atoms with Gasteiger partial charge < -0.3 is 5.32 Å². The van der Waals surface area contributed by atoms with Crippen molar-refractivity contribution in [2.24, 2.45) is 0 Å². The van der Waals surface area contributed by atoms with Crippen molar-refractivity contribution in [3.63, 3.8) is 0 Å². The summed E-state index contributed by atoms with van der Waals surface area (Å²) in [6.07, 6.45) is 1.89. The van der Waals surface area contributed by atoms with Gasteiger partial charge in [-0.2, -0.15) is 5.10 Å². The second-order valence-corrected chi connectivity index (χ2v) is 5.94. The van der Waals surface area contributed by atoms with Gasteiger partial charge in [0.25, 0.3) is 0 Å². The van der Waals surface area contributed by atoms with Gasteiger partial charge >= 0.3 is 0 Å². The summed E-state index contributed by atoms with van der Waals surface area (Å²) in [5.41, 5.74) is 3.44. The molecule has 0 aliphatic heterocycles. The van der Waals surface area contributed by atoms with Crippen LogP contribution in [0, 0.1) is 6.92 Å². The number of amides is 1. The van der Waals surface area contributed by atoms with Crippen molar-refractivity contribution in [3.8, 4) is 0 Å². The zero-order valence-electron chi connectivity index (χ0n) is 14.4. The van der Waals surface area contributed by atoms with E-state index in [0.29, 0.717) is 6.54 Å². The maximum absolute atomic E-state index is 12.2. The molecule has 2 aromatic rings. The molecule has 0 saturated heterocycles. The van der Waals surface area contributed by atoms with Crippen LogP contribution in [0.5, 0.6) is 0 Å². The van der Waals surface area contributed by atoms with Gasteiger partial charge in [0.1, 0.15) is 0 Å². The largest absolute Gasteiger partial charge is 0.348 e.